The van der Waals surface area contributed by atoms with Gasteiger partial charge >= 0.3 is 0 Å². The van der Waals surface area contributed by atoms with Gasteiger partial charge in [-0.15, -0.1) is 22.7 Å². The first-order valence-electron chi connectivity index (χ1n) is 6.20. The Morgan fingerprint density at radius 2 is 2.15 bits per heavy atom. The molecule has 0 saturated carbocycles. The third kappa shape index (κ3) is 4.10. The number of hydrogen-bond donors (Lipinski definition) is 2. The van der Waals surface area contributed by atoms with Gasteiger partial charge in [0.05, 0.1) is 5.01 Å². The van der Waals surface area contributed by atoms with Crippen molar-refractivity contribution in [2.45, 2.75) is 31.1 Å². The Morgan fingerprint density at radius 3 is 2.80 bits per heavy atom. The van der Waals surface area contributed by atoms with E-state index in [0.717, 1.165) is 22.0 Å². The predicted octanol–water partition coefficient (Wildman–Crippen LogP) is 2.10. The summed E-state index contributed by atoms with van der Waals surface area (Å²) in [5.74, 6) is 0. The normalized spacial score (nSPS) is 11.9. The summed E-state index contributed by atoms with van der Waals surface area (Å²) in [7, 11) is -3.43. The minimum absolute atomic E-state index is 0.286. The minimum atomic E-state index is -3.43. The molecule has 0 unspecified atom stereocenters. The van der Waals surface area contributed by atoms with Crippen LogP contribution >= 0.6 is 22.7 Å². The molecule has 0 fully saturated rings. The smallest absolute Gasteiger partial charge is 0.250 e. The van der Waals surface area contributed by atoms with Gasteiger partial charge in [-0.3, -0.25) is 0 Å². The monoisotopic (exact) mass is 331 g/mol. The van der Waals surface area contributed by atoms with Crippen LogP contribution in [0.3, 0.4) is 0 Å². The standard InChI is InChI=1S/C12H17N3O2S3/c1-3-13-5-10-4-12(18-8-10)20(16,17)15-7-11-6-14-9(2)19-11/h4,6,8,13,15H,3,5,7H2,1-2H3. The third-order valence-electron chi connectivity index (χ3n) is 2.58. The lowest BCUT2D eigenvalue weighted by atomic mass is 10.3. The molecule has 8 heteroatoms. The van der Waals surface area contributed by atoms with Crippen LogP contribution in [0.4, 0.5) is 0 Å². The molecule has 2 rings (SSSR count). The van der Waals surface area contributed by atoms with E-state index >= 15 is 0 Å². The molecule has 0 radical (unpaired) electrons. The van der Waals surface area contributed by atoms with Gasteiger partial charge in [-0.1, -0.05) is 6.92 Å². The van der Waals surface area contributed by atoms with Crippen molar-refractivity contribution in [3.63, 3.8) is 0 Å². The van der Waals surface area contributed by atoms with Crippen LogP contribution in [0.2, 0.25) is 0 Å². The fourth-order valence-corrected chi connectivity index (χ4v) is 4.67. The maximum absolute atomic E-state index is 12.2. The summed E-state index contributed by atoms with van der Waals surface area (Å²) < 4.78 is 27.3. The Balaban J connectivity index is 2.00. The number of aryl methyl sites for hydroxylation is 1. The molecule has 2 N–H and O–H groups in total. The Labute approximate surface area is 127 Å². The Bertz CT molecular complexity index is 661. The first kappa shape index (κ1) is 15.6. The van der Waals surface area contributed by atoms with Crippen LogP contribution in [-0.4, -0.2) is 19.9 Å². The number of nitrogens with one attached hydrogen (secondary N) is 2. The van der Waals surface area contributed by atoms with Crippen molar-refractivity contribution in [1.82, 2.24) is 15.0 Å². The van der Waals surface area contributed by atoms with E-state index < -0.39 is 10.0 Å². The highest BCUT2D eigenvalue weighted by atomic mass is 32.2. The van der Waals surface area contributed by atoms with E-state index in [1.165, 1.54) is 22.7 Å². The van der Waals surface area contributed by atoms with Crippen molar-refractivity contribution in [2.75, 3.05) is 6.54 Å². The maximum Gasteiger partial charge on any atom is 0.250 e. The molecule has 0 aromatic carbocycles. The van der Waals surface area contributed by atoms with Crippen LogP contribution in [0.5, 0.6) is 0 Å². The molecule has 0 bridgehead atoms. The van der Waals surface area contributed by atoms with E-state index in [-0.39, 0.29) is 6.54 Å². The molecule has 0 aliphatic heterocycles. The summed E-state index contributed by atoms with van der Waals surface area (Å²) in [6, 6.07) is 1.72. The van der Waals surface area contributed by atoms with Gasteiger partial charge in [0.25, 0.3) is 0 Å². The average molecular weight is 331 g/mol. The molecule has 2 aromatic rings. The van der Waals surface area contributed by atoms with Crippen LogP contribution in [0.15, 0.2) is 21.9 Å². The van der Waals surface area contributed by atoms with E-state index in [1.54, 1.807) is 12.3 Å². The van der Waals surface area contributed by atoms with Gasteiger partial charge in [0, 0.05) is 24.2 Å². The van der Waals surface area contributed by atoms with Gasteiger partial charge in [0.2, 0.25) is 10.0 Å². The summed E-state index contributed by atoms with van der Waals surface area (Å²) in [6.45, 7) is 5.75. The molecule has 2 heterocycles. The largest absolute Gasteiger partial charge is 0.313 e. The number of thiophene rings is 1. The van der Waals surface area contributed by atoms with E-state index in [4.69, 9.17) is 0 Å². The molecule has 0 aliphatic carbocycles. The Kier molecular flexibility index (Phi) is 5.28. The number of rotatable bonds is 7. The lowest BCUT2D eigenvalue weighted by Gasteiger charge is -2.02. The summed E-state index contributed by atoms with van der Waals surface area (Å²) in [4.78, 5) is 5.02. The van der Waals surface area contributed by atoms with Gasteiger partial charge in [-0.2, -0.15) is 0 Å². The molecular formula is C12H17N3O2S3. The molecule has 0 saturated heterocycles. The topological polar surface area (TPSA) is 71.1 Å². The molecule has 110 valence electrons. The van der Waals surface area contributed by atoms with Crippen molar-refractivity contribution in [1.29, 1.82) is 0 Å². The highest BCUT2D eigenvalue weighted by Gasteiger charge is 2.16. The van der Waals surface area contributed by atoms with E-state index in [9.17, 15) is 8.42 Å². The van der Waals surface area contributed by atoms with Gasteiger partial charge in [0.15, 0.2) is 0 Å². The van der Waals surface area contributed by atoms with Crippen LogP contribution in [0, 0.1) is 6.92 Å². The predicted molar refractivity (Wildman–Crippen MR) is 82.6 cm³/mol. The lowest BCUT2D eigenvalue weighted by molar-refractivity contribution is 0.584. The Hall–Kier alpha value is -0.800. The molecule has 0 aliphatic rings. The first-order chi connectivity index (χ1) is 9.51. The fraction of sp³-hybridized carbons (Fsp3) is 0.417. The number of aromatic nitrogens is 1. The zero-order chi connectivity index (χ0) is 14.6. The highest BCUT2D eigenvalue weighted by molar-refractivity contribution is 7.91. The van der Waals surface area contributed by atoms with E-state index in [2.05, 4.69) is 15.0 Å². The van der Waals surface area contributed by atoms with E-state index in [1.807, 2.05) is 19.2 Å². The number of thiazole rings is 1. The molecule has 0 atom stereocenters. The quantitative estimate of drug-likeness (QED) is 0.815. The van der Waals surface area contributed by atoms with Gasteiger partial charge in [0.1, 0.15) is 4.21 Å². The summed E-state index contributed by atoms with van der Waals surface area (Å²) >= 11 is 2.74. The molecular weight excluding hydrogens is 314 g/mol. The van der Waals surface area contributed by atoms with Gasteiger partial charge < -0.3 is 5.32 Å². The van der Waals surface area contributed by atoms with Gasteiger partial charge in [-0.05, 0) is 30.5 Å². The second kappa shape index (κ2) is 6.77. The molecule has 0 spiro atoms. The lowest BCUT2D eigenvalue weighted by Crippen LogP contribution is -2.22. The Morgan fingerprint density at radius 1 is 1.35 bits per heavy atom. The fourth-order valence-electron chi connectivity index (χ4n) is 1.58. The first-order valence-corrected chi connectivity index (χ1v) is 9.38. The number of nitrogens with zero attached hydrogens (tertiary/aromatic N) is 1. The second-order valence-electron chi connectivity index (χ2n) is 4.22. The highest BCUT2D eigenvalue weighted by Crippen LogP contribution is 2.21. The van der Waals surface area contributed by atoms with E-state index in [0.29, 0.717) is 10.8 Å². The third-order valence-corrected chi connectivity index (χ3v) is 6.38. The number of sulfonamides is 1. The minimum Gasteiger partial charge on any atom is -0.313 e. The molecule has 5 nitrogen and oxygen atoms in total. The maximum atomic E-state index is 12.2. The van der Waals surface area contributed by atoms with Crippen molar-refractivity contribution in [3.8, 4) is 0 Å². The number of hydrogen-bond acceptors (Lipinski definition) is 6. The van der Waals surface area contributed by atoms with Crippen molar-refractivity contribution < 1.29 is 8.42 Å². The zero-order valence-electron chi connectivity index (χ0n) is 11.3. The van der Waals surface area contributed by atoms with Crippen LogP contribution in [-0.2, 0) is 23.1 Å². The molecule has 20 heavy (non-hydrogen) atoms. The van der Waals surface area contributed by atoms with Gasteiger partial charge in [-0.25, -0.2) is 18.1 Å². The van der Waals surface area contributed by atoms with Crippen LogP contribution in [0.25, 0.3) is 0 Å². The second-order valence-corrected chi connectivity index (χ2v) is 8.45. The summed E-state index contributed by atoms with van der Waals surface area (Å²) in [6.07, 6.45) is 1.70. The van der Waals surface area contributed by atoms with Crippen molar-refractivity contribution in [3.05, 3.63) is 33.1 Å². The zero-order valence-corrected chi connectivity index (χ0v) is 13.8. The molecule has 0 amide bonds. The SMILES string of the molecule is CCNCc1csc(S(=O)(=O)NCc2cnc(C)s2)c1. The van der Waals surface area contributed by atoms with Crippen molar-refractivity contribution in [2.24, 2.45) is 0 Å². The summed E-state index contributed by atoms with van der Waals surface area (Å²) in [5, 5.41) is 5.98. The molecule has 2 aromatic heterocycles. The van der Waals surface area contributed by atoms with Crippen molar-refractivity contribution >= 4 is 32.7 Å². The van der Waals surface area contributed by atoms with Crippen LogP contribution in [0.1, 0.15) is 22.4 Å². The van der Waals surface area contributed by atoms with Crippen LogP contribution < -0.4 is 10.0 Å². The average Bonchev–Trinajstić information content (AvgIpc) is 3.03. The summed E-state index contributed by atoms with van der Waals surface area (Å²) in [5.41, 5.74) is 0.992.